The van der Waals surface area contributed by atoms with E-state index < -0.39 is 17.9 Å². The molecule has 1 rings (SSSR count). The summed E-state index contributed by atoms with van der Waals surface area (Å²) in [7, 11) is 0. The molecule has 3 amide bonds. The molecule has 0 spiro atoms. The molecule has 1 saturated heterocycles. The Balaban J connectivity index is 2.48. The zero-order valence-electron chi connectivity index (χ0n) is 12.4. The zero-order chi connectivity index (χ0) is 15.1. The quantitative estimate of drug-likeness (QED) is 0.570. The molecule has 1 aliphatic heterocycles. The summed E-state index contributed by atoms with van der Waals surface area (Å²) in [5, 5.41) is 8.29. The Bertz CT molecular complexity index is 363. The fraction of sp³-hybridized carbons (Fsp3) is 0.769. The third kappa shape index (κ3) is 5.16. The number of nitrogens with zero attached hydrogens (tertiary/aromatic N) is 1. The van der Waals surface area contributed by atoms with Crippen LogP contribution in [0.1, 0.15) is 27.2 Å². The standard InChI is InChI=1S/C13H24N4O3/c1-9(2)15-11(18)10(3)16-12(19)13(20)17-7-4-5-14-6-8-17/h9-10,14H,4-8H2,1-3H3,(H,15,18)(H,16,19). The number of amides is 3. The summed E-state index contributed by atoms with van der Waals surface area (Å²) >= 11 is 0. The predicted molar refractivity (Wildman–Crippen MR) is 75.0 cm³/mol. The Hall–Kier alpha value is -1.63. The van der Waals surface area contributed by atoms with Gasteiger partial charge in [0.1, 0.15) is 6.04 Å². The predicted octanol–water partition coefficient (Wildman–Crippen LogP) is -1.16. The topological polar surface area (TPSA) is 90.5 Å². The maximum absolute atomic E-state index is 12.0. The maximum Gasteiger partial charge on any atom is 0.311 e. The summed E-state index contributed by atoms with van der Waals surface area (Å²) in [5.74, 6) is -1.59. The molecule has 0 aromatic heterocycles. The van der Waals surface area contributed by atoms with E-state index in [2.05, 4.69) is 16.0 Å². The van der Waals surface area contributed by atoms with E-state index >= 15 is 0 Å². The first-order chi connectivity index (χ1) is 9.41. The van der Waals surface area contributed by atoms with Crippen LogP contribution in [0.3, 0.4) is 0 Å². The molecule has 1 aliphatic rings. The van der Waals surface area contributed by atoms with Gasteiger partial charge in [-0.2, -0.15) is 0 Å². The molecular formula is C13H24N4O3. The van der Waals surface area contributed by atoms with Gasteiger partial charge in [-0.15, -0.1) is 0 Å². The number of carbonyl (C=O) groups is 3. The highest BCUT2D eigenvalue weighted by Gasteiger charge is 2.25. The van der Waals surface area contributed by atoms with Gasteiger partial charge in [-0.25, -0.2) is 0 Å². The number of carbonyl (C=O) groups excluding carboxylic acids is 3. The third-order valence-corrected chi connectivity index (χ3v) is 2.99. The summed E-state index contributed by atoms with van der Waals surface area (Å²) in [6.45, 7) is 7.84. The van der Waals surface area contributed by atoms with Gasteiger partial charge < -0.3 is 20.9 Å². The van der Waals surface area contributed by atoms with Crippen molar-refractivity contribution in [3.8, 4) is 0 Å². The first-order valence-electron chi connectivity index (χ1n) is 7.02. The average molecular weight is 284 g/mol. The molecule has 20 heavy (non-hydrogen) atoms. The van der Waals surface area contributed by atoms with Crippen molar-refractivity contribution in [2.75, 3.05) is 26.2 Å². The van der Waals surface area contributed by atoms with Crippen LogP contribution in [0.4, 0.5) is 0 Å². The summed E-state index contributed by atoms with van der Waals surface area (Å²) < 4.78 is 0. The van der Waals surface area contributed by atoms with Crippen LogP contribution in [-0.4, -0.2) is 60.9 Å². The molecule has 0 aromatic rings. The molecule has 1 fully saturated rings. The number of hydrogen-bond acceptors (Lipinski definition) is 4. The highest BCUT2D eigenvalue weighted by molar-refractivity contribution is 6.35. The van der Waals surface area contributed by atoms with Gasteiger partial charge in [0.25, 0.3) is 0 Å². The molecule has 3 N–H and O–H groups in total. The molecule has 0 radical (unpaired) electrons. The minimum Gasteiger partial charge on any atom is -0.352 e. The van der Waals surface area contributed by atoms with Crippen molar-refractivity contribution >= 4 is 17.7 Å². The lowest BCUT2D eigenvalue weighted by Crippen LogP contribution is -2.51. The normalized spacial score (nSPS) is 17.3. The average Bonchev–Trinajstić information content (AvgIpc) is 2.65. The van der Waals surface area contributed by atoms with E-state index in [1.165, 1.54) is 4.90 Å². The van der Waals surface area contributed by atoms with Crippen LogP contribution in [0.2, 0.25) is 0 Å². The van der Waals surface area contributed by atoms with Gasteiger partial charge in [0.05, 0.1) is 0 Å². The Morgan fingerprint density at radius 3 is 2.40 bits per heavy atom. The molecule has 0 saturated carbocycles. The number of hydrogen-bond donors (Lipinski definition) is 3. The van der Waals surface area contributed by atoms with Crippen LogP contribution in [0.5, 0.6) is 0 Å². The van der Waals surface area contributed by atoms with Crippen molar-refractivity contribution in [3.05, 3.63) is 0 Å². The van der Waals surface area contributed by atoms with E-state index in [9.17, 15) is 14.4 Å². The first kappa shape index (κ1) is 16.4. The fourth-order valence-electron chi connectivity index (χ4n) is 1.93. The highest BCUT2D eigenvalue weighted by Crippen LogP contribution is 1.97. The molecular weight excluding hydrogens is 260 g/mol. The monoisotopic (exact) mass is 284 g/mol. The van der Waals surface area contributed by atoms with E-state index in [4.69, 9.17) is 0 Å². The molecule has 0 aliphatic carbocycles. The second kappa shape index (κ2) is 7.84. The molecule has 1 heterocycles. The fourth-order valence-corrected chi connectivity index (χ4v) is 1.93. The van der Waals surface area contributed by atoms with Gasteiger partial charge in [-0.05, 0) is 33.7 Å². The summed E-state index contributed by atoms with van der Waals surface area (Å²) in [4.78, 5) is 37.0. The van der Waals surface area contributed by atoms with Crippen molar-refractivity contribution in [2.24, 2.45) is 0 Å². The zero-order valence-corrected chi connectivity index (χ0v) is 12.4. The maximum atomic E-state index is 12.0. The molecule has 7 heteroatoms. The second-order valence-corrected chi connectivity index (χ2v) is 5.25. The van der Waals surface area contributed by atoms with Crippen molar-refractivity contribution < 1.29 is 14.4 Å². The SMILES string of the molecule is CC(C)NC(=O)C(C)NC(=O)C(=O)N1CCCNCC1. The van der Waals surface area contributed by atoms with Gasteiger partial charge in [-0.1, -0.05) is 0 Å². The largest absolute Gasteiger partial charge is 0.352 e. The van der Waals surface area contributed by atoms with Crippen molar-refractivity contribution in [1.29, 1.82) is 0 Å². The third-order valence-electron chi connectivity index (χ3n) is 2.99. The van der Waals surface area contributed by atoms with Gasteiger partial charge >= 0.3 is 11.8 Å². The van der Waals surface area contributed by atoms with Crippen molar-refractivity contribution in [3.63, 3.8) is 0 Å². The van der Waals surface area contributed by atoms with Gasteiger partial charge in [0.15, 0.2) is 0 Å². The Morgan fingerprint density at radius 2 is 1.75 bits per heavy atom. The summed E-state index contributed by atoms with van der Waals surface area (Å²) in [6, 6.07) is -0.729. The van der Waals surface area contributed by atoms with Crippen LogP contribution < -0.4 is 16.0 Å². The molecule has 1 unspecified atom stereocenters. The van der Waals surface area contributed by atoms with Crippen LogP contribution in [0, 0.1) is 0 Å². The van der Waals surface area contributed by atoms with Gasteiger partial charge in [-0.3, -0.25) is 14.4 Å². The second-order valence-electron chi connectivity index (χ2n) is 5.25. The van der Waals surface area contributed by atoms with Crippen LogP contribution in [0.15, 0.2) is 0 Å². The van der Waals surface area contributed by atoms with Crippen molar-refractivity contribution in [1.82, 2.24) is 20.9 Å². The minimum absolute atomic E-state index is 0.00534. The van der Waals surface area contributed by atoms with E-state index in [1.54, 1.807) is 6.92 Å². The first-order valence-corrected chi connectivity index (χ1v) is 7.02. The number of nitrogens with one attached hydrogen (secondary N) is 3. The molecule has 1 atom stereocenters. The Kier molecular flexibility index (Phi) is 6.44. The van der Waals surface area contributed by atoms with Crippen LogP contribution >= 0.6 is 0 Å². The lowest BCUT2D eigenvalue weighted by atomic mass is 10.2. The lowest BCUT2D eigenvalue weighted by molar-refractivity contribution is -0.146. The van der Waals surface area contributed by atoms with Gasteiger partial charge in [0.2, 0.25) is 5.91 Å². The minimum atomic E-state index is -0.724. The molecule has 0 aromatic carbocycles. The molecule has 0 bridgehead atoms. The Morgan fingerprint density at radius 1 is 1.05 bits per heavy atom. The van der Waals surface area contributed by atoms with E-state index in [-0.39, 0.29) is 11.9 Å². The molecule has 114 valence electrons. The number of rotatable bonds is 3. The highest BCUT2D eigenvalue weighted by atomic mass is 16.2. The smallest absolute Gasteiger partial charge is 0.311 e. The van der Waals surface area contributed by atoms with Gasteiger partial charge in [0, 0.05) is 25.7 Å². The Labute approximate surface area is 119 Å². The van der Waals surface area contributed by atoms with E-state index in [1.807, 2.05) is 13.8 Å². The van der Waals surface area contributed by atoms with E-state index in [0.29, 0.717) is 19.6 Å². The summed E-state index contributed by atoms with van der Waals surface area (Å²) in [5.41, 5.74) is 0. The summed E-state index contributed by atoms with van der Waals surface area (Å²) in [6.07, 6.45) is 0.822. The van der Waals surface area contributed by atoms with Crippen LogP contribution in [0.25, 0.3) is 0 Å². The lowest BCUT2D eigenvalue weighted by Gasteiger charge is -2.21. The van der Waals surface area contributed by atoms with Crippen molar-refractivity contribution in [2.45, 2.75) is 39.3 Å². The van der Waals surface area contributed by atoms with E-state index in [0.717, 1.165) is 13.0 Å². The van der Waals surface area contributed by atoms with Crippen LogP contribution in [-0.2, 0) is 14.4 Å². The molecule has 7 nitrogen and oxygen atoms in total.